The van der Waals surface area contributed by atoms with Crippen LogP contribution < -0.4 is 10.6 Å². The first-order valence-corrected chi connectivity index (χ1v) is 6.91. The van der Waals surface area contributed by atoms with Crippen LogP contribution in [-0.4, -0.2) is 12.5 Å². The molecule has 98 valence electrons. The third kappa shape index (κ3) is 2.66. The van der Waals surface area contributed by atoms with Gasteiger partial charge in [0, 0.05) is 29.9 Å². The SMILES string of the molecule is CCCCCCC(=O)N1CCc2c(N)cccc21. The highest BCUT2D eigenvalue weighted by Crippen LogP contribution is 2.32. The van der Waals surface area contributed by atoms with Gasteiger partial charge in [-0.25, -0.2) is 0 Å². The van der Waals surface area contributed by atoms with Gasteiger partial charge in [0.2, 0.25) is 5.91 Å². The van der Waals surface area contributed by atoms with Gasteiger partial charge in [0.25, 0.3) is 0 Å². The van der Waals surface area contributed by atoms with Gasteiger partial charge in [-0.05, 0) is 25.0 Å². The summed E-state index contributed by atoms with van der Waals surface area (Å²) in [5.41, 5.74) is 8.91. The Balaban J connectivity index is 1.96. The molecule has 1 aliphatic rings. The fourth-order valence-electron chi connectivity index (χ4n) is 2.56. The lowest BCUT2D eigenvalue weighted by Crippen LogP contribution is -2.28. The van der Waals surface area contributed by atoms with Gasteiger partial charge in [-0.2, -0.15) is 0 Å². The minimum Gasteiger partial charge on any atom is -0.398 e. The summed E-state index contributed by atoms with van der Waals surface area (Å²) in [6, 6.07) is 5.84. The Morgan fingerprint density at radius 2 is 2.17 bits per heavy atom. The summed E-state index contributed by atoms with van der Waals surface area (Å²) >= 11 is 0. The fourth-order valence-corrected chi connectivity index (χ4v) is 2.56. The first-order valence-electron chi connectivity index (χ1n) is 6.91. The average molecular weight is 246 g/mol. The van der Waals surface area contributed by atoms with Crippen molar-refractivity contribution in [1.29, 1.82) is 0 Å². The largest absolute Gasteiger partial charge is 0.398 e. The first-order chi connectivity index (χ1) is 8.74. The van der Waals surface area contributed by atoms with E-state index in [4.69, 9.17) is 5.73 Å². The molecule has 1 amide bonds. The van der Waals surface area contributed by atoms with Gasteiger partial charge >= 0.3 is 0 Å². The van der Waals surface area contributed by atoms with Gasteiger partial charge in [-0.1, -0.05) is 32.3 Å². The number of hydrogen-bond acceptors (Lipinski definition) is 2. The molecule has 0 radical (unpaired) electrons. The number of rotatable bonds is 5. The van der Waals surface area contributed by atoms with E-state index in [1.165, 1.54) is 12.8 Å². The first kappa shape index (κ1) is 12.9. The van der Waals surface area contributed by atoms with E-state index in [1.54, 1.807) is 0 Å². The number of carbonyl (C=O) groups is 1. The van der Waals surface area contributed by atoms with E-state index >= 15 is 0 Å². The lowest BCUT2D eigenvalue weighted by atomic mass is 10.1. The summed E-state index contributed by atoms with van der Waals surface area (Å²) in [6.07, 6.45) is 6.13. The molecular weight excluding hydrogens is 224 g/mol. The normalized spacial score (nSPS) is 13.7. The minimum absolute atomic E-state index is 0.246. The van der Waals surface area contributed by atoms with Crippen LogP contribution in [-0.2, 0) is 11.2 Å². The van der Waals surface area contributed by atoms with Crippen molar-refractivity contribution in [1.82, 2.24) is 0 Å². The van der Waals surface area contributed by atoms with Crippen LogP contribution in [0.2, 0.25) is 0 Å². The van der Waals surface area contributed by atoms with Crippen molar-refractivity contribution in [3.05, 3.63) is 23.8 Å². The van der Waals surface area contributed by atoms with Crippen molar-refractivity contribution in [2.45, 2.75) is 45.4 Å². The third-order valence-electron chi connectivity index (χ3n) is 3.61. The Hall–Kier alpha value is -1.51. The van der Waals surface area contributed by atoms with E-state index < -0.39 is 0 Å². The predicted molar refractivity (Wildman–Crippen MR) is 75.7 cm³/mol. The molecule has 0 saturated carbocycles. The van der Waals surface area contributed by atoms with Gasteiger partial charge in [0.1, 0.15) is 0 Å². The second kappa shape index (κ2) is 5.89. The Morgan fingerprint density at radius 3 is 2.94 bits per heavy atom. The van der Waals surface area contributed by atoms with E-state index in [-0.39, 0.29) is 5.91 Å². The maximum Gasteiger partial charge on any atom is 0.226 e. The van der Waals surface area contributed by atoms with Crippen LogP contribution in [0.15, 0.2) is 18.2 Å². The van der Waals surface area contributed by atoms with Gasteiger partial charge in [-0.3, -0.25) is 4.79 Å². The Kier molecular flexibility index (Phi) is 4.24. The van der Waals surface area contributed by atoms with E-state index in [0.29, 0.717) is 6.42 Å². The summed E-state index contributed by atoms with van der Waals surface area (Å²) in [6.45, 7) is 2.97. The molecule has 0 aromatic heterocycles. The number of carbonyl (C=O) groups excluding carboxylic acids is 1. The van der Waals surface area contributed by atoms with Gasteiger partial charge in [0.05, 0.1) is 0 Å². The molecule has 1 heterocycles. The Labute approximate surface area is 109 Å². The van der Waals surface area contributed by atoms with Crippen molar-refractivity contribution in [2.75, 3.05) is 17.2 Å². The molecular formula is C15H22N2O. The van der Waals surface area contributed by atoms with Crippen LogP contribution in [0.5, 0.6) is 0 Å². The zero-order valence-electron chi connectivity index (χ0n) is 11.1. The summed E-state index contributed by atoms with van der Waals surface area (Å²) in [5.74, 6) is 0.246. The Bertz CT molecular complexity index is 429. The quantitative estimate of drug-likeness (QED) is 0.641. The fraction of sp³-hybridized carbons (Fsp3) is 0.533. The smallest absolute Gasteiger partial charge is 0.226 e. The van der Waals surface area contributed by atoms with Crippen LogP contribution in [0.1, 0.15) is 44.6 Å². The molecule has 0 fully saturated rings. The van der Waals surface area contributed by atoms with Gasteiger partial charge < -0.3 is 10.6 Å². The number of amides is 1. The topological polar surface area (TPSA) is 46.3 Å². The maximum atomic E-state index is 12.2. The molecule has 0 spiro atoms. The van der Waals surface area contributed by atoms with Crippen LogP contribution in [0, 0.1) is 0 Å². The Morgan fingerprint density at radius 1 is 1.33 bits per heavy atom. The molecule has 3 nitrogen and oxygen atoms in total. The van der Waals surface area contributed by atoms with E-state index in [9.17, 15) is 4.79 Å². The lowest BCUT2D eigenvalue weighted by molar-refractivity contribution is -0.118. The van der Waals surface area contributed by atoms with Crippen molar-refractivity contribution in [3.63, 3.8) is 0 Å². The summed E-state index contributed by atoms with van der Waals surface area (Å²) in [5, 5.41) is 0. The number of nitrogens with zero attached hydrogens (tertiary/aromatic N) is 1. The van der Waals surface area contributed by atoms with Crippen molar-refractivity contribution in [2.24, 2.45) is 0 Å². The van der Waals surface area contributed by atoms with E-state index in [1.807, 2.05) is 23.1 Å². The monoisotopic (exact) mass is 246 g/mol. The molecule has 1 aromatic rings. The number of hydrogen-bond donors (Lipinski definition) is 1. The molecule has 1 aliphatic heterocycles. The van der Waals surface area contributed by atoms with Gasteiger partial charge in [0.15, 0.2) is 0 Å². The second-order valence-corrected chi connectivity index (χ2v) is 4.95. The maximum absolute atomic E-state index is 12.2. The van der Waals surface area contributed by atoms with E-state index in [0.717, 1.165) is 42.7 Å². The molecule has 0 bridgehead atoms. The second-order valence-electron chi connectivity index (χ2n) is 4.95. The van der Waals surface area contributed by atoms with E-state index in [2.05, 4.69) is 6.92 Å². The van der Waals surface area contributed by atoms with Crippen molar-refractivity contribution in [3.8, 4) is 0 Å². The highest BCUT2D eigenvalue weighted by Gasteiger charge is 2.25. The standard InChI is InChI=1S/C15H22N2O/c1-2-3-4-5-9-15(18)17-11-10-12-13(16)7-6-8-14(12)17/h6-8H,2-5,9-11,16H2,1H3. The summed E-state index contributed by atoms with van der Waals surface area (Å²) < 4.78 is 0. The predicted octanol–water partition coefficient (Wildman–Crippen LogP) is 3.13. The summed E-state index contributed by atoms with van der Waals surface area (Å²) in [4.78, 5) is 14.1. The minimum atomic E-state index is 0.246. The number of nitrogen functional groups attached to an aromatic ring is 1. The molecule has 0 saturated heterocycles. The van der Waals surface area contributed by atoms with Crippen LogP contribution >= 0.6 is 0 Å². The number of benzene rings is 1. The number of anilines is 2. The number of nitrogens with two attached hydrogens (primary N) is 1. The van der Waals surface area contributed by atoms with Crippen LogP contribution in [0.25, 0.3) is 0 Å². The zero-order chi connectivity index (χ0) is 13.0. The van der Waals surface area contributed by atoms with Crippen molar-refractivity contribution < 1.29 is 4.79 Å². The zero-order valence-corrected chi connectivity index (χ0v) is 11.1. The van der Waals surface area contributed by atoms with Crippen molar-refractivity contribution >= 4 is 17.3 Å². The third-order valence-corrected chi connectivity index (χ3v) is 3.61. The number of unbranched alkanes of at least 4 members (excludes halogenated alkanes) is 3. The molecule has 1 aromatic carbocycles. The molecule has 0 unspecified atom stereocenters. The molecule has 0 atom stereocenters. The van der Waals surface area contributed by atoms with Gasteiger partial charge in [-0.15, -0.1) is 0 Å². The van der Waals surface area contributed by atoms with Crippen LogP contribution in [0.4, 0.5) is 11.4 Å². The molecule has 2 rings (SSSR count). The summed E-state index contributed by atoms with van der Waals surface area (Å²) in [7, 11) is 0. The molecule has 18 heavy (non-hydrogen) atoms. The highest BCUT2D eigenvalue weighted by molar-refractivity contribution is 5.96. The molecule has 3 heteroatoms. The number of fused-ring (bicyclic) bond motifs is 1. The highest BCUT2D eigenvalue weighted by atomic mass is 16.2. The average Bonchev–Trinajstić information content (AvgIpc) is 2.80. The molecule has 0 aliphatic carbocycles. The van der Waals surface area contributed by atoms with Crippen LogP contribution in [0.3, 0.4) is 0 Å². The lowest BCUT2D eigenvalue weighted by Gasteiger charge is -2.17. The molecule has 2 N–H and O–H groups in total.